The van der Waals surface area contributed by atoms with Gasteiger partial charge in [0.2, 0.25) is 0 Å². The number of hydrogen-bond acceptors (Lipinski definition) is 4. The van der Waals surface area contributed by atoms with Gasteiger partial charge in [-0.05, 0) is 45.4 Å². The normalized spacial score (nSPS) is 10.9. The van der Waals surface area contributed by atoms with Crippen LogP contribution >= 0.6 is 0 Å². The van der Waals surface area contributed by atoms with Crippen molar-refractivity contribution in [1.82, 2.24) is 0 Å². The summed E-state index contributed by atoms with van der Waals surface area (Å²) >= 11 is 0. The lowest BCUT2D eigenvalue weighted by Crippen LogP contribution is -2.20. The molecule has 0 atom stereocenters. The minimum Gasteiger partial charge on any atom is -0.392 e. The molecule has 0 spiro atoms. The second-order valence-electron chi connectivity index (χ2n) is 6.06. The predicted molar refractivity (Wildman–Crippen MR) is 115 cm³/mol. The first-order valence-corrected chi connectivity index (χ1v) is 10.1. The molecule has 0 amide bonds. The van der Waals surface area contributed by atoms with E-state index in [9.17, 15) is 9.59 Å². The van der Waals surface area contributed by atoms with Gasteiger partial charge in [-0.15, -0.1) is 6.58 Å². The molecule has 0 bridgehead atoms. The molecule has 4 nitrogen and oxygen atoms in total. The maximum atomic E-state index is 11.2. The van der Waals surface area contributed by atoms with Gasteiger partial charge in [0.1, 0.15) is 0 Å². The SMILES string of the molecule is C=CC.CC/C=C\C/C=C\C/C=C\CCCCCCCC(=O)OC(=O)CN. The van der Waals surface area contributed by atoms with Crippen LogP contribution in [0, 0.1) is 0 Å². The Kier molecular flexibility index (Phi) is 24.3. The number of carbonyl (C=O) groups excluding carboxylic acids is 2. The number of allylic oxidation sites excluding steroid dienone is 7. The molecule has 2 N–H and O–H groups in total. The molecule has 0 saturated carbocycles. The zero-order valence-corrected chi connectivity index (χ0v) is 17.3. The van der Waals surface area contributed by atoms with Crippen LogP contribution in [0.15, 0.2) is 49.1 Å². The molecule has 0 aliphatic heterocycles. The fourth-order valence-corrected chi connectivity index (χ4v) is 2.11. The average molecular weight is 378 g/mol. The molecule has 0 aromatic heterocycles. The molecule has 4 heteroatoms. The van der Waals surface area contributed by atoms with E-state index in [1.165, 1.54) is 12.8 Å². The molecule has 0 heterocycles. The molecule has 0 aliphatic rings. The Hall–Kier alpha value is -1.94. The summed E-state index contributed by atoms with van der Waals surface area (Å²) in [4.78, 5) is 22.0. The third-order valence-electron chi connectivity index (χ3n) is 3.43. The highest BCUT2D eigenvalue weighted by atomic mass is 16.6. The Balaban J connectivity index is 0. The van der Waals surface area contributed by atoms with Gasteiger partial charge in [-0.2, -0.15) is 0 Å². The van der Waals surface area contributed by atoms with Crippen LogP contribution in [0.2, 0.25) is 0 Å². The van der Waals surface area contributed by atoms with Crippen molar-refractivity contribution in [3.8, 4) is 0 Å². The lowest BCUT2D eigenvalue weighted by Gasteiger charge is -2.01. The van der Waals surface area contributed by atoms with Crippen molar-refractivity contribution >= 4 is 11.9 Å². The second-order valence-corrected chi connectivity index (χ2v) is 6.06. The van der Waals surface area contributed by atoms with Crippen LogP contribution < -0.4 is 5.73 Å². The summed E-state index contributed by atoms with van der Waals surface area (Å²) in [5.41, 5.74) is 5.07. The summed E-state index contributed by atoms with van der Waals surface area (Å²) in [5, 5.41) is 0. The van der Waals surface area contributed by atoms with E-state index in [4.69, 9.17) is 5.73 Å². The lowest BCUT2D eigenvalue weighted by molar-refractivity contribution is -0.158. The summed E-state index contributed by atoms with van der Waals surface area (Å²) in [6.45, 7) is 7.15. The molecule has 154 valence electrons. The largest absolute Gasteiger partial charge is 0.392 e. The number of carbonyl (C=O) groups is 2. The second kappa shape index (κ2) is 24.1. The minimum absolute atomic E-state index is 0.245. The molecule has 0 aromatic carbocycles. The lowest BCUT2D eigenvalue weighted by atomic mass is 10.1. The molecule has 0 saturated heterocycles. The molecule has 0 aliphatic carbocycles. The van der Waals surface area contributed by atoms with Gasteiger partial charge in [0.25, 0.3) is 0 Å². The minimum atomic E-state index is -0.654. The maximum Gasteiger partial charge on any atom is 0.327 e. The average Bonchev–Trinajstić information content (AvgIpc) is 2.65. The van der Waals surface area contributed by atoms with Gasteiger partial charge < -0.3 is 10.5 Å². The Morgan fingerprint density at radius 1 is 0.852 bits per heavy atom. The first-order chi connectivity index (χ1) is 13.1. The van der Waals surface area contributed by atoms with E-state index < -0.39 is 11.9 Å². The van der Waals surface area contributed by atoms with Crippen molar-refractivity contribution in [2.24, 2.45) is 5.73 Å². The molecular formula is C23H39NO3. The van der Waals surface area contributed by atoms with Crippen molar-refractivity contribution < 1.29 is 14.3 Å². The number of rotatable bonds is 14. The van der Waals surface area contributed by atoms with Gasteiger partial charge in [0, 0.05) is 6.42 Å². The van der Waals surface area contributed by atoms with Crippen LogP contribution in [-0.4, -0.2) is 18.5 Å². The highest BCUT2D eigenvalue weighted by molar-refractivity contribution is 5.86. The number of esters is 2. The third-order valence-corrected chi connectivity index (χ3v) is 3.43. The van der Waals surface area contributed by atoms with E-state index >= 15 is 0 Å². The van der Waals surface area contributed by atoms with Gasteiger partial charge in [-0.3, -0.25) is 9.59 Å². The Bertz CT molecular complexity index is 451. The third kappa shape index (κ3) is 26.4. The van der Waals surface area contributed by atoms with Crippen LogP contribution in [0.4, 0.5) is 0 Å². The fourth-order valence-electron chi connectivity index (χ4n) is 2.11. The molecule has 0 rings (SSSR count). The van der Waals surface area contributed by atoms with Crippen molar-refractivity contribution in [2.45, 2.75) is 78.1 Å². The summed E-state index contributed by atoms with van der Waals surface area (Å²) in [5.74, 6) is -1.12. The standard InChI is InChI=1S/C20H33NO3.C3H6/c1-2-3-4-5-6-7-8-9-10-11-12-13-14-15-16-17-19(22)24-20(23)18-21;1-3-2/h3-4,6-7,9-10H,2,5,8,11-18,21H2,1H3;3H,1H2,2H3/b4-3-,7-6-,10-9-;. The Labute approximate surface area is 166 Å². The number of unbranched alkanes of at least 4 members (excludes halogenated alkanes) is 5. The Morgan fingerprint density at radius 3 is 1.96 bits per heavy atom. The molecule has 27 heavy (non-hydrogen) atoms. The van der Waals surface area contributed by atoms with Gasteiger partial charge in [0.05, 0.1) is 6.54 Å². The topological polar surface area (TPSA) is 69.4 Å². The molecule has 0 aromatic rings. The first-order valence-electron chi connectivity index (χ1n) is 10.1. The quantitative estimate of drug-likeness (QED) is 0.180. The van der Waals surface area contributed by atoms with E-state index in [0.717, 1.165) is 44.9 Å². The fraction of sp³-hybridized carbons (Fsp3) is 0.565. The van der Waals surface area contributed by atoms with E-state index in [1.54, 1.807) is 6.08 Å². The van der Waals surface area contributed by atoms with Gasteiger partial charge in [-0.1, -0.05) is 68.7 Å². The number of ether oxygens (including phenoxy) is 1. The van der Waals surface area contributed by atoms with Crippen molar-refractivity contribution in [3.05, 3.63) is 49.1 Å². The maximum absolute atomic E-state index is 11.2. The zero-order valence-electron chi connectivity index (χ0n) is 17.3. The van der Waals surface area contributed by atoms with Crippen molar-refractivity contribution in [3.63, 3.8) is 0 Å². The molecule has 0 radical (unpaired) electrons. The summed E-state index contributed by atoms with van der Waals surface area (Å²) < 4.78 is 4.50. The van der Waals surface area contributed by atoms with Gasteiger partial charge >= 0.3 is 11.9 Å². The Morgan fingerprint density at radius 2 is 1.37 bits per heavy atom. The highest BCUT2D eigenvalue weighted by Crippen LogP contribution is 2.08. The van der Waals surface area contributed by atoms with Gasteiger partial charge in [-0.25, -0.2) is 0 Å². The summed E-state index contributed by atoms with van der Waals surface area (Å²) in [6, 6.07) is 0. The van der Waals surface area contributed by atoms with E-state index in [2.05, 4.69) is 54.7 Å². The number of nitrogens with two attached hydrogens (primary N) is 1. The highest BCUT2D eigenvalue weighted by Gasteiger charge is 2.07. The van der Waals surface area contributed by atoms with E-state index in [1.807, 2.05) is 6.92 Å². The summed E-state index contributed by atoms with van der Waals surface area (Å²) in [7, 11) is 0. The molecular weight excluding hydrogens is 338 g/mol. The summed E-state index contributed by atoms with van der Waals surface area (Å²) in [6.07, 6.45) is 24.7. The first kappa shape index (κ1) is 27.3. The van der Waals surface area contributed by atoms with Crippen LogP contribution in [0.25, 0.3) is 0 Å². The molecule has 0 fully saturated rings. The molecule has 0 unspecified atom stereocenters. The number of hydrogen-bond donors (Lipinski definition) is 1. The zero-order chi connectivity index (χ0) is 20.6. The van der Waals surface area contributed by atoms with Crippen molar-refractivity contribution in [1.29, 1.82) is 0 Å². The smallest absolute Gasteiger partial charge is 0.327 e. The predicted octanol–water partition coefficient (Wildman–Crippen LogP) is 5.80. The van der Waals surface area contributed by atoms with Crippen LogP contribution in [0.5, 0.6) is 0 Å². The van der Waals surface area contributed by atoms with Crippen LogP contribution in [0.3, 0.4) is 0 Å². The van der Waals surface area contributed by atoms with Crippen LogP contribution in [0.1, 0.15) is 78.1 Å². The van der Waals surface area contributed by atoms with E-state index in [0.29, 0.717) is 6.42 Å². The van der Waals surface area contributed by atoms with E-state index in [-0.39, 0.29) is 6.54 Å². The van der Waals surface area contributed by atoms with Crippen molar-refractivity contribution in [2.75, 3.05) is 6.54 Å². The monoisotopic (exact) mass is 377 g/mol. The van der Waals surface area contributed by atoms with Gasteiger partial charge in [0.15, 0.2) is 0 Å². The van der Waals surface area contributed by atoms with Crippen LogP contribution in [-0.2, 0) is 14.3 Å².